The van der Waals surface area contributed by atoms with Crippen LogP contribution in [0.1, 0.15) is 112 Å². The lowest BCUT2D eigenvalue weighted by atomic mass is 9.53. The summed E-state index contributed by atoms with van der Waals surface area (Å²) < 4.78 is 6.47. The standard InChI is InChI=1S/C40H46O4/c1-5-39(42)19-15-33-30-10-7-24-21-26(9-12-27(24)28(30)13-17-37(33,39)3)44-36-23-32-25(22-35(36)41)8-11-31-29(32)14-18-38(4)34(31)16-20-40(38,43)6-2/h1-2,9,12,21-23,28-31,33-34,41-43H,7-8,10-11,13-20H2,3-4H3. The molecule has 0 aliphatic heterocycles. The number of phenols is 1. The summed E-state index contributed by atoms with van der Waals surface area (Å²) in [5, 5.41) is 33.6. The van der Waals surface area contributed by atoms with E-state index >= 15 is 0 Å². The van der Waals surface area contributed by atoms with Crippen LogP contribution in [0.5, 0.6) is 17.2 Å². The second-order valence-electron chi connectivity index (χ2n) is 15.8. The minimum absolute atomic E-state index is 0.191. The third kappa shape index (κ3) is 3.68. The Labute approximate surface area is 262 Å². The number of aromatic hydroxyl groups is 1. The molecular formula is C40H46O4. The molecule has 4 saturated carbocycles. The number of hydrogen-bond acceptors (Lipinski definition) is 4. The van der Waals surface area contributed by atoms with Crippen molar-refractivity contribution in [3.8, 4) is 41.9 Å². The van der Waals surface area contributed by atoms with Crippen molar-refractivity contribution in [3.05, 3.63) is 52.6 Å². The molecule has 0 bridgehead atoms. The molecule has 0 aromatic heterocycles. The zero-order valence-electron chi connectivity index (χ0n) is 26.2. The average Bonchev–Trinajstić information content (AvgIpc) is 3.46. The minimum Gasteiger partial charge on any atom is -0.504 e. The molecule has 0 spiro atoms. The van der Waals surface area contributed by atoms with E-state index in [9.17, 15) is 15.3 Å². The number of phenolic OH excluding ortho intramolecular Hbond substituents is 1. The van der Waals surface area contributed by atoms with Crippen LogP contribution in [-0.4, -0.2) is 26.5 Å². The summed E-state index contributed by atoms with van der Waals surface area (Å²) in [5.74, 6) is 9.91. The summed E-state index contributed by atoms with van der Waals surface area (Å²) in [4.78, 5) is 0. The normalized spacial score (nSPS) is 43.2. The van der Waals surface area contributed by atoms with Crippen LogP contribution in [0.2, 0.25) is 0 Å². The first-order valence-electron chi connectivity index (χ1n) is 17.1. The Hall–Kier alpha value is -2.92. The number of benzene rings is 2. The summed E-state index contributed by atoms with van der Waals surface area (Å²) in [6.07, 6.45) is 23.2. The predicted molar refractivity (Wildman–Crippen MR) is 171 cm³/mol. The van der Waals surface area contributed by atoms with Gasteiger partial charge < -0.3 is 20.1 Å². The van der Waals surface area contributed by atoms with Gasteiger partial charge in [-0.05, 0) is 159 Å². The number of fused-ring (bicyclic) bond motifs is 10. The molecule has 4 nitrogen and oxygen atoms in total. The molecule has 0 amide bonds. The van der Waals surface area contributed by atoms with Gasteiger partial charge in [-0.3, -0.25) is 0 Å². The van der Waals surface area contributed by atoms with Crippen LogP contribution in [0, 0.1) is 59.2 Å². The van der Waals surface area contributed by atoms with Crippen molar-refractivity contribution in [2.24, 2.45) is 34.5 Å². The highest BCUT2D eigenvalue weighted by Gasteiger charge is 2.62. The first kappa shape index (κ1) is 28.5. The quantitative estimate of drug-likeness (QED) is 0.315. The summed E-state index contributed by atoms with van der Waals surface area (Å²) in [5.41, 5.74) is 2.92. The van der Waals surface area contributed by atoms with E-state index in [4.69, 9.17) is 17.6 Å². The maximum Gasteiger partial charge on any atom is 0.169 e. The van der Waals surface area contributed by atoms with E-state index in [1.165, 1.54) is 22.3 Å². The molecule has 10 unspecified atom stereocenters. The summed E-state index contributed by atoms with van der Waals surface area (Å²) in [6, 6.07) is 10.6. The van der Waals surface area contributed by atoms with Gasteiger partial charge in [-0.1, -0.05) is 31.8 Å². The third-order valence-corrected chi connectivity index (χ3v) is 14.5. The Morgan fingerprint density at radius 1 is 0.705 bits per heavy atom. The Balaban J connectivity index is 1.04. The molecule has 0 radical (unpaired) electrons. The molecule has 230 valence electrons. The molecule has 6 aliphatic carbocycles. The monoisotopic (exact) mass is 590 g/mol. The second kappa shape index (κ2) is 9.55. The lowest BCUT2D eigenvalue weighted by Gasteiger charge is -2.52. The number of aliphatic hydroxyl groups is 2. The van der Waals surface area contributed by atoms with Crippen LogP contribution in [0.4, 0.5) is 0 Å². The van der Waals surface area contributed by atoms with Crippen LogP contribution in [-0.2, 0) is 12.8 Å². The Morgan fingerprint density at radius 2 is 1.25 bits per heavy atom. The van der Waals surface area contributed by atoms with Gasteiger partial charge in [0, 0.05) is 10.8 Å². The molecular weight excluding hydrogens is 544 g/mol. The molecule has 8 rings (SSSR count). The van der Waals surface area contributed by atoms with E-state index in [1.54, 1.807) is 0 Å². The highest BCUT2D eigenvalue weighted by atomic mass is 16.5. The van der Waals surface area contributed by atoms with Crippen molar-refractivity contribution in [3.63, 3.8) is 0 Å². The van der Waals surface area contributed by atoms with Crippen LogP contribution in [0.3, 0.4) is 0 Å². The van der Waals surface area contributed by atoms with E-state index < -0.39 is 11.2 Å². The molecule has 0 heterocycles. The fourth-order valence-electron chi connectivity index (χ4n) is 11.9. The topological polar surface area (TPSA) is 69.9 Å². The van der Waals surface area contributed by atoms with Gasteiger partial charge in [-0.2, -0.15) is 0 Å². The average molecular weight is 591 g/mol. The van der Waals surface area contributed by atoms with Crippen molar-refractivity contribution >= 4 is 0 Å². The first-order chi connectivity index (χ1) is 21.0. The van der Waals surface area contributed by atoms with Gasteiger partial charge in [-0.15, -0.1) is 12.8 Å². The number of ether oxygens (including phenoxy) is 1. The van der Waals surface area contributed by atoms with Crippen molar-refractivity contribution in [2.75, 3.05) is 0 Å². The van der Waals surface area contributed by atoms with Crippen molar-refractivity contribution < 1.29 is 20.1 Å². The molecule has 10 atom stereocenters. The van der Waals surface area contributed by atoms with E-state index in [2.05, 4.69) is 50.0 Å². The number of hydrogen-bond donors (Lipinski definition) is 3. The minimum atomic E-state index is -1.00. The number of aryl methyl sites for hydroxylation is 2. The largest absolute Gasteiger partial charge is 0.504 e. The van der Waals surface area contributed by atoms with Gasteiger partial charge in [0.2, 0.25) is 0 Å². The van der Waals surface area contributed by atoms with Crippen LogP contribution < -0.4 is 4.74 Å². The first-order valence-corrected chi connectivity index (χ1v) is 17.1. The lowest BCUT2D eigenvalue weighted by Crippen LogP contribution is -2.50. The van der Waals surface area contributed by atoms with Crippen molar-refractivity contribution in [1.29, 1.82) is 0 Å². The summed E-state index contributed by atoms with van der Waals surface area (Å²) in [6.45, 7) is 4.45. The van der Waals surface area contributed by atoms with Crippen LogP contribution in [0.25, 0.3) is 0 Å². The van der Waals surface area contributed by atoms with Crippen molar-refractivity contribution in [1.82, 2.24) is 0 Å². The fraction of sp³-hybridized carbons (Fsp3) is 0.600. The number of terminal acetylenes is 2. The van der Waals surface area contributed by atoms with E-state index in [-0.39, 0.29) is 16.6 Å². The number of rotatable bonds is 2. The molecule has 2 aromatic carbocycles. The molecule has 4 heteroatoms. The van der Waals surface area contributed by atoms with Gasteiger partial charge in [0.1, 0.15) is 17.0 Å². The van der Waals surface area contributed by atoms with E-state index in [0.29, 0.717) is 54.1 Å². The zero-order valence-corrected chi connectivity index (χ0v) is 26.2. The SMILES string of the molecule is C#CC1(O)CCC2C3CCc4cc(Oc5cc6c(cc5O)CCC5C6CCC6(C)C5CCC6(O)C#C)ccc4C3CCC21C. The van der Waals surface area contributed by atoms with E-state index in [0.717, 1.165) is 70.0 Å². The predicted octanol–water partition coefficient (Wildman–Crippen LogP) is 7.63. The summed E-state index contributed by atoms with van der Waals surface area (Å²) in [7, 11) is 0. The van der Waals surface area contributed by atoms with E-state index in [1.807, 2.05) is 6.07 Å². The molecule has 6 aliphatic rings. The van der Waals surface area contributed by atoms with Gasteiger partial charge in [0.25, 0.3) is 0 Å². The molecule has 4 fully saturated rings. The lowest BCUT2D eigenvalue weighted by molar-refractivity contribution is -0.0647. The third-order valence-electron chi connectivity index (χ3n) is 14.5. The maximum absolute atomic E-state index is 11.3. The van der Waals surface area contributed by atoms with Gasteiger partial charge in [0.05, 0.1) is 0 Å². The van der Waals surface area contributed by atoms with Crippen molar-refractivity contribution in [2.45, 2.75) is 114 Å². The van der Waals surface area contributed by atoms with Crippen LogP contribution >= 0.6 is 0 Å². The molecule has 3 N–H and O–H groups in total. The highest BCUT2D eigenvalue weighted by Crippen LogP contribution is 2.66. The second-order valence-corrected chi connectivity index (χ2v) is 15.8. The molecule has 2 aromatic rings. The van der Waals surface area contributed by atoms with Gasteiger partial charge >= 0.3 is 0 Å². The molecule has 0 saturated heterocycles. The Bertz CT molecular complexity index is 1610. The maximum atomic E-state index is 11.3. The summed E-state index contributed by atoms with van der Waals surface area (Å²) >= 11 is 0. The smallest absolute Gasteiger partial charge is 0.169 e. The Morgan fingerprint density at radius 3 is 1.82 bits per heavy atom. The fourth-order valence-corrected chi connectivity index (χ4v) is 11.9. The Kier molecular flexibility index (Phi) is 6.19. The van der Waals surface area contributed by atoms with Gasteiger partial charge in [0.15, 0.2) is 11.5 Å². The molecule has 44 heavy (non-hydrogen) atoms. The van der Waals surface area contributed by atoms with Crippen LogP contribution in [0.15, 0.2) is 30.3 Å². The van der Waals surface area contributed by atoms with Gasteiger partial charge in [-0.25, -0.2) is 0 Å². The highest BCUT2D eigenvalue weighted by molar-refractivity contribution is 5.52. The zero-order chi connectivity index (χ0) is 30.6.